The SMILES string of the molecule is Cn1c(=O)n(C2CCC(=O)NC2=O)c2cccc(N3CC4(CCN(CC5CCC(n6cc(-n7cc(-c8nn9cccc9cc8C(N)=O)nn7)c(C(F)F)n6)CC5)CC4)C3)c21. The van der Waals surface area contributed by atoms with E-state index in [0.717, 1.165) is 82.5 Å². The second-order valence-corrected chi connectivity index (χ2v) is 17.0. The Bertz CT molecular complexity index is 2720. The molecule has 312 valence electrons. The van der Waals surface area contributed by atoms with Gasteiger partial charge in [-0.15, -0.1) is 5.10 Å². The number of piperidine rings is 2. The lowest BCUT2D eigenvalue weighted by Crippen LogP contribution is -2.60. The van der Waals surface area contributed by atoms with Crippen molar-refractivity contribution >= 4 is 40.0 Å². The Hall–Kier alpha value is -6.24. The molecule has 6 aromatic rings. The average molecular weight is 822 g/mol. The normalized spacial score (nSPS) is 22.3. The van der Waals surface area contributed by atoms with E-state index in [9.17, 15) is 28.0 Å². The highest BCUT2D eigenvalue weighted by Gasteiger charge is 2.46. The fourth-order valence-corrected chi connectivity index (χ4v) is 10.1. The van der Waals surface area contributed by atoms with Gasteiger partial charge in [0.05, 0.1) is 46.2 Å². The molecule has 5 aromatic heterocycles. The molecule has 0 bridgehead atoms. The van der Waals surface area contributed by atoms with Crippen molar-refractivity contribution in [3.05, 3.63) is 76.7 Å². The first kappa shape index (κ1) is 38.0. The van der Waals surface area contributed by atoms with Crippen molar-refractivity contribution in [3.8, 4) is 17.1 Å². The molecule has 8 heterocycles. The minimum Gasteiger partial charge on any atom is -0.369 e. The van der Waals surface area contributed by atoms with E-state index in [2.05, 4.69) is 35.6 Å². The summed E-state index contributed by atoms with van der Waals surface area (Å²) >= 11 is 0. The van der Waals surface area contributed by atoms with E-state index >= 15 is 0 Å². The van der Waals surface area contributed by atoms with Crippen LogP contribution >= 0.6 is 0 Å². The third kappa shape index (κ3) is 6.45. The Labute approximate surface area is 341 Å². The zero-order valence-electron chi connectivity index (χ0n) is 33.1. The van der Waals surface area contributed by atoms with Crippen LogP contribution in [0.25, 0.3) is 33.6 Å². The number of nitrogens with zero attached hydrogens (tertiary/aromatic N) is 11. The number of amides is 3. The maximum atomic E-state index is 14.4. The summed E-state index contributed by atoms with van der Waals surface area (Å²) in [4.78, 5) is 55.1. The van der Waals surface area contributed by atoms with Crippen LogP contribution in [0, 0.1) is 11.3 Å². The molecule has 1 spiro atoms. The highest BCUT2D eigenvalue weighted by atomic mass is 19.3. The van der Waals surface area contributed by atoms with E-state index in [1.54, 1.807) is 51.4 Å². The number of carbonyl (C=O) groups is 3. The van der Waals surface area contributed by atoms with Gasteiger partial charge in [0.2, 0.25) is 11.8 Å². The minimum absolute atomic E-state index is 0.0229. The number of primary amides is 1. The van der Waals surface area contributed by atoms with Crippen molar-refractivity contribution in [2.75, 3.05) is 37.6 Å². The molecule has 3 aliphatic heterocycles. The van der Waals surface area contributed by atoms with Gasteiger partial charge < -0.3 is 15.5 Å². The van der Waals surface area contributed by atoms with Crippen LogP contribution in [-0.2, 0) is 16.6 Å². The van der Waals surface area contributed by atoms with Gasteiger partial charge in [0, 0.05) is 44.7 Å². The molecule has 17 nitrogen and oxygen atoms in total. The molecule has 3 N–H and O–H groups in total. The molecule has 1 unspecified atom stereocenters. The van der Waals surface area contributed by atoms with Gasteiger partial charge in [-0.3, -0.25) is 33.5 Å². The predicted octanol–water partition coefficient (Wildman–Crippen LogP) is 3.78. The number of benzene rings is 1. The quantitative estimate of drug-likeness (QED) is 0.203. The number of nitrogens with two attached hydrogens (primary N) is 1. The molecule has 1 atom stereocenters. The molecule has 1 saturated carbocycles. The summed E-state index contributed by atoms with van der Waals surface area (Å²) in [6.45, 7) is 4.84. The van der Waals surface area contributed by atoms with E-state index in [-0.39, 0.29) is 57.8 Å². The molecular weight excluding hydrogens is 777 g/mol. The van der Waals surface area contributed by atoms with E-state index < -0.39 is 24.3 Å². The first-order valence-electron chi connectivity index (χ1n) is 20.5. The van der Waals surface area contributed by atoms with Crippen LogP contribution in [0.4, 0.5) is 14.5 Å². The Kier molecular flexibility index (Phi) is 9.18. The third-order valence-corrected chi connectivity index (χ3v) is 13.3. The number of carbonyl (C=O) groups excluding carboxylic acids is 3. The maximum absolute atomic E-state index is 14.4. The standard InChI is InChI=1S/C41H45F2N13O4/c1-50-36-29(5-2-6-30(36)56(40(50)60)31-11-12-33(57)45-39(31)59)52-22-41(23-52)13-16-51(17-14-41)19-24-7-9-25(10-8-24)54-21-32(35(48-54)37(42)43)55-20-28(46-49-55)34-27(38(44)58)18-26-4-3-15-53(26)47-34/h2-6,15,18,20-21,24-25,31,37H,7-14,16-17,19,22-23H2,1H3,(H2,44,58)(H,45,57,59). The molecule has 1 aromatic carbocycles. The number of aromatic nitrogens is 9. The molecule has 3 amide bonds. The highest BCUT2D eigenvalue weighted by molar-refractivity contribution is 6.01. The van der Waals surface area contributed by atoms with E-state index in [4.69, 9.17) is 5.73 Å². The maximum Gasteiger partial charge on any atom is 0.329 e. The molecule has 1 aliphatic carbocycles. The van der Waals surface area contributed by atoms with Gasteiger partial charge in [0.25, 0.3) is 12.3 Å². The van der Waals surface area contributed by atoms with Crippen LogP contribution in [0.3, 0.4) is 0 Å². The number of imide groups is 1. The van der Waals surface area contributed by atoms with Crippen LogP contribution in [0.15, 0.2) is 59.8 Å². The monoisotopic (exact) mass is 821 g/mol. The Morgan fingerprint density at radius 2 is 1.77 bits per heavy atom. The number of halogens is 2. The lowest BCUT2D eigenvalue weighted by atomic mass is 9.71. The molecule has 19 heteroatoms. The number of hydrogen-bond donors (Lipinski definition) is 2. The number of likely N-dealkylation sites (tertiary alicyclic amines) is 1. The van der Waals surface area contributed by atoms with Gasteiger partial charge in [-0.2, -0.15) is 10.2 Å². The number of fused-ring (bicyclic) bond motifs is 2. The summed E-state index contributed by atoms with van der Waals surface area (Å²) in [5.74, 6) is -0.931. The predicted molar refractivity (Wildman–Crippen MR) is 215 cm³/mol. The van der Waals surface area contributed by atoms with Gasteiger partial charge in [0.15, 0.2) is 5.69 Å². The number of aryl methyl sites for hydroxylation is 1. The van der Waals surface area contributed by atoms with Crippen LogP contribution in [-0.4, -0.2) is 98.9 Å². The molecule has 3 saturated heterocycles. The highest BCUT2D eigenvalue weighted by Crippen LogP contribution is 2.45. The number of hydrogen-bond acceptors (Lipinski definition) is 10. The van der Waals surface area contributed by atoms with E-state index in [1.807, 2.05) is 18.2 Å². The number of rotatable bonds is 9. The summed E-state index contributed by atoms with van der Waals surface area (Å²) in [6, 6.07) is 10.3. The minimum atomic E-state index is -2.83. The third-order valence-electron chi connectivity index (χ3n) is 13.3. The lowest BCUT2D eigenvalue weighted by molar-refractivity contribution is -0.135. The van der Waals surface area contributed by atoms with E-state index in [1.165, 1.54) is 15.4 Å². The first-order chi connectivity index (χ1) is 28.9. The van der Waals surface area contributed by atoms with E-state index in [0.29, 0.717) is 23.4 Å². The molecule has 4 fully saturated rings. The van der Waals surface area contributed by atoms with Gasteiger partial charge >= 0.3 is 5.69 Å². The number of para-hydroxylation sites is 1. The van der Waals surface area contributed by atoms with Crippen molar-refractivity contribution in [2.45, 2.75) is 69.9 Å². The van der Waals surface area contributed by atoms with Gasteiger partial charge in [-0.05, 0) is 94.3 Å². The Balaban J connectivity index is 0.755. The Morgan fingerprint density at radius 3 is 2.50 bits per heavy atom. The molecular formula is C41H45F2N13O4. The van der Waals surface area contributed by atoms with Crippen LogP contribution in [0.2, 0.25) is 0 Å². The number of imidazole rings is 1. The van der Waals surface area contributed by atoms with Crippen LogP contribution < -0.4 is 21.6 Å². The fourth-order valence-electron chi connectivity index (χ4n) is 10.1. The fraction of sp³-hybridized carbons (Fsp3) is 0.463. The largest absolute Gasteiger partial charge is 0.369 e. The second kappa shape index (κ2) is 14.5. The van der Waals surface area contributed by atoms with Gasteiger partial charge in [-0.1, -0.05) is 11.3 Å². The summed E-state index contributed by atoms with van der Waals surface area (Å²) in [5, 5.41) is 19.5. The lowest BCUT2D eigenvalue weighted by Gasteiger charge is -2.55. The smallest absolute Gasteiger partial charge is 0.329 e. The zero-order valence-corrected chi connectivity index (χ0v) is 33.1. The van der Waals surface area contributed by atoms with Crippen molar-refractivity contribution in [2.24, 2.45) is 24.1 Å². The zero-order chi connectivity index (χ0) is 41.4. The van der Waals surface area contributed by atoms with Crippen molar-refractivity contribution in [3.63, 3.8) is 0 Å². The first-order valence-corrected chi connectivity index (χ1v) is 20.5. The van der Waals surface area contributed by atoms with Gasteiger partial charge in [-0.25, -0.2) is 22.8 Å². The number of alkyl halides is 2. The number of nitrogens with one attached hydrogen (secondary N) is 1. The van der Waals surface area contributed by atoms with Crippen molar-refractivity contribution in [1.82, 2.24) is 53.7 Å². The van der Waals surface area contributed by atoms with Crippen LogP contribution in [0.1, 0.15) is 85.9 Å². The summed E-state index contributed by atoms with van der Waals surface area (Å²) < 4.78 is 36.4. The van der Waals surface area contributed by atoms with Crippen LogP contribution in [0.5, 0.6) is 0 Å². The summed E-state index contributed by atoms with van der Waals surface area (Å²) in [5.41, 5.74) is 9.06. The average Bonchev–Trinajstić information content (AvgIpc) is 4.04. The van der Waals surface area contributed by atoms with Crippen molar-refractivity contribution in [1.29, 1.82) is 0 Å². The molecule has 4 aliphatic rings. The number of anilines is 1. The summed E-state index contributed by atoms with van der Waals surface area (Å²) in [7, 11) is 1.74. The van der Waals surface area contributed by atoms with Crippen molar-refractivity contribution < 1.29 is 23.2 Å². The molecule has 10 rings (SSSR count). The van der Waals surface area contributed by atoms with Gasteiger partial charge in [0.1, 0.15) is 23.1 Å². The second-order valence-electron chi connectivity index (χ2n) is 17.0. The molecule has 60 heavy (non-hydrogen) atoms. The topological polar surface area (TPSA) is 188 Å². The molecule has 0 radical (unpaired) electrons. The summed E-state index contributed by atoms with van der Waals surface area (Å²) in [6.07, 6.45) is 8.22. The Morgan fingerprint density at radius 1 is 0.983 bits per heavy atom.